The van der Waals surface area contributed by atoms with Gasteiger partial charge in [0.05, 0.1) is 12.6 Å². The van der Waals surface area contributed by atoms with Crippen molar-refractivity contribution in [2.75, 3.05) is 12.3 Å². The Morgan fingerprint density at radius 3 is 2.16 bits per heavy atom. The molecule has 0 aliphatic rings. The normalized spacial score (nSPS) is 13.7. The van der Waals surface area contributed by atoms with E-state index in [0.29, 0.717) is 0 Å². The summed E-state index contributed by atoms with van der Waals surface area (Å²) in [5, 5.41) is 25.6. The number of hydrogen-bond donors (Lipinski definition) is 7. The molecule has 1 aromatic carbocycles. The number of aromatic hydroxyl groups is 1. The molecule has 0 radical (unpaired) electrons. The first-order chi connectivity index (χ1) is 14.5. The minimum absolute atomic E-state index is 0.0315. The van der Waals surface area contributed by atoms with Crippen molar-refractivity contribution in [1.82, 2.24) is 16.0 Å². The van der Waals surface area contributed by atoms with Crippen LogP contribution in [0.1, 0.15) is 25.8 Å². The van der Waals surface area contributed by atoms with Crippen molar-refractivity contribution < 1.29 is 29.4 Å². The Balaban J connectivity index is 2.54. The third-order valence-electron chi connectivity index (χ3n) is 4.31. The maximum atomic E-state index is 12.3. The Hall–Kier alpha value is -2.79. The number of phenols is 1. The van der Waals surface area contributed by atoms with E-state index in [1.165, 1.54) is 12.1 Å². The lowest BCUT2D eigenvalue weighted by atomic mass is 10.0. The number of aliphatic carboxylic acids is 1. The molecule has 0 heterocycles. The number of thiol groups is 1. The molecule has 10 nitrogen and oxygen atoms in total. The fourth-order valence-corrected chi connectivity index (χ4v) is 2.94. The van der Waals surface area contributed by atoms with Crippen LogP contribution < -0.4 is 21.7 Å². The van der Waals surface area contributed by atoms with Gasteiger partial charge < -0.3 is 31.9 Å². The second kappa shape index (κ2) is 12.8. The van der Waals surface area contributed by atoms with Crippen molar-refractivity contribution in [2.24, 2.45) is 11.7 Å². The summed E-state index contributed by atoms with van der Waals surface area (Å²) in [4.78, 5) is 47.8. The van der Waals surface area contributed by atoms with Gasteiger partial charge in [-0.2, -0.15) is 12.6 Å². The van der Waals surface area contributed by atoms with Crippen molar-refractivity contribution in [3.63, 3.8) is 0 Å². The van der Waals surface area contributed by atoms with Crippen LogP contribution in [0.3, 0.4) is 0 Å². The van der Waals surface area contributed by atoms with E-state index in [-0.39, 0.29) is 30.3 Å². The topological polar surface area (TPSA) is 171 Å². The molecule has 3 unspecified atom stereocenters. The molecular weight excluding hydrogens is 424 g/mol. The van der Waals surface area contributed by atoms with E-state index in [4.69, 9.17) is 10.8 Å². The molecule has 0 aliphatic carbocycles. The molecule has 3 amide bonds. The maximum Gasteiger partial charge on any atom is 0.326 e. The second-order valence-corrected chi connectivity index (χ2v) is 7.89. The number of carbonyl (C=O) groups is 4. The standard InChI is InChI=1S/C20H30N4O6S/c1-11(2)7-15(20(29)30)23-17(26)9-22-19(28)16(10-31)24-18(27)14(21)8-12-3-5-13(25)6-4-12/h3-6,11,14-16,25,31H,7-10,21H2,1-2H3,(H,22,28)(H,23,26)(H,24,27)(H,29,30). The van der Waals surface area contributed by atoms with E-state index in [1.807, 2.05) is 13.8 Å². The van der Waals surface area contributed by atoms with E-state index >= 15 is 0 Å². The summed E-state index contributed by atoms with van der Waals surface area (Å²) in [7, 11) is 0. The van der Waals surface area contributed by atoms with Crippen molar-refractivity contribution in [2.45, 2.75) is 44.8 Å². The summed E-state index contributed by atoms with van der Waals surface area (Å²) in [5.41, 5.74) is 6.62. The third kappa shape index (κ3) is 9.71. The summed E-state index contributed by atoms with van der Waals surface area (Å²) in [6.07, 6.45) is 0.450. The van der Waals surface area contributed by atoms with Gasteiger partial charge in [-0.25, -0.2) is 4.79 Å². The van der Waals surface area contributed by atoms with Gasteiger partial charge in [-0.15, -0.1) is 0 Å². The highest BCUT2D eigenvalue weighted by Gasteiger charge is 2.25. The first kappa shape index (κ1) is 26.2. The van der Waals surface area contributed by atoms with Gasteiger partial charge in [0.25, 0.3) is 0 Å². The highest BCUT2D eigenvalue weighted by molar-refractivity contribution is 7.80. The quantitative estimate of drug-likeness (QED) is 0.207. The molecule has 1 aromatic rings. The Bertz CT molecular complexity index is 771. The summed E-state index contributed by atoms with van der Waals surface area (Å²) in [6, 6.07) is 3.20. The number of carboxylic acid groups (broad SMARTS) is 1. The summed E-state index contributed by atoms with van der Waals surface area (Å²) >= 11 is 4.05. The minimum atomic E-state index is -1.16. The molecule has 0 spiro atoms. The van der Waals surface area contributed by atoms with E-state index in [2.05, 4.69) is 28.6 Å². The monoisotopic (exact) mass is 454 g/mol. The van der Waals surface area contributed by atoms with Crippen molar-refractivity contribution in [3.05, 3.63) is 29.8 Å². The number of amides is 3. The van der Waals surface area contributed by atoms with Gasteiger partial charge in [0.15, 0.2) is 0 Å². The van der Waals surface area contributed by atoms with Crippen molar-refractivity contribution in [3.8, 4) is 5.75 Å². The number of nitrogens with one attached hydrogen (secondary N) is 3. The predicted octanol–water partition coefficient (Wildman–Crippen LogP) is -0.592. The summed E-state index contributed by atoms with van der Waals surface area (Å²) in [5.74, 6) is -2.91. The zero-order valence-electron chi connectivity index (χ0n) is 17.5. The van der Waals surface area contributed by atoms with Crippen LogP contribution in [0.4, 0.5) is 0 Å². The minimum Gasteiger partial charge on any atom is -0.508 e. The Morgan fingerprint density at radius 1 is 1.03 bits per heavy atom. The maximum absolute atomic E-state index is 12.3. The molecule has 0 bridgehead atoms. The fourth-order valence-electron chi connectivity index (χ4n) is 2.68. The number of rotatable bonds is 12. The van der Waals surface area contributed by atoms with E-state index in [1.54, 1.807) is 12.1 Å². The Morgan fingerprint density at radius 2 is 1.65 bits per heavy atom. The highest BCUT2D eigenvalue weighted by atomic mass is 32.1. The predicted molar refractivity (Wildman–Crippen MR) is 118 cm³/mol. The third-order valence-corrected chi connectivity index (χ3v) is 4.67. The van der Waals surface area contributed by atoms with Crippen LogP contribution in [0.5, 0.6) is 5.75 Å². The van der Waals surface area contributed by atoms with Gasteiger partial charge in [-0.05, 0) is 36.5 Å². The smallest absolute Gasteiger partial charge is 0.326 e. The molecule has 172 valence electrons. The number of carbonyl (C=O) groups excluding carboxylic acids is 3. The molecule has 0 aliphatic heterocycles. The molecule has 0 aromatic heterocycles. The van der Waals surface area contributed by atoms with Crippen LogP contribution in [0, 0.1) is 5.92 Å². The number of benzene rings is 1. The molecule has 7 N–H and O–H groups in total. The first-order valence-electron chi connectivity index (χ1n) is 9.78. The van der Waals surface area contributed by atoms with Crippen molar-refractivity contribution >= 4 is 36.3 Å². The van der Waals surface area contributed by atoms with Crippen LogP contribution in [0.2, 0.25) is 0 Å². The molecule has 1 rings (SSSR count). The molecule has 0 saturated carbocycles. The lowest BCUT2D eigenvalue weighted by Crippen LogP contribution is -2.54. The van der Waals surface area contributed by atoms with Crippen molar-refractivity contribution in [1.29, 1.82) is 0 Å². The van der Waals surface area contributed by atoms with Gasteiger partial charge in [0, 0.05) is 5.75 Å². The van der Waals surface area contributed by atoms with Gasteiger partial charge >= 0.3 is 5.97 Å². The molecule has 11 heteroatoms. The SMILES string of the molecule is CC(C)CC(NC(=O)CNC(=O)C(CS)NC(=O)C(N)Cc1ccc(O)cc1)C(=O)O. The van der Waals surface area contributed by atoms with E-state index in [0.717, 1.165) is 5.56 Å². The van der Waals surface area contributed by atoms with Crippen LogP contribution in [0.15, 0.2) is 24.3 Å². The second-order valence-electron chi connectivity index (χ2n) is 7.53. The van der Waals surface area contributed by atoms with E-state index < -0.39 is 48.4 Å². The van der Waals surface area contributed by atoms with Crippen LogP contribution in [0.25, 0.3) is 0 Å². The molecule has 3 atom stereocenters. The van der Waals surface area contributed by atoms with Gasteiger partial charge in [-0.1, -0.05) is 26.0 Å². The van der Waals surface area contributed by atoms with Gasteiger partial charge in [-0.3, -0.25) is 14.4 Å². The Labute approximate surface area is 186 Å². The zero-order chi connectivity index (χ0) is 23.6. The van der Waals surface area contributed by atoms with E-state index in [9.17, 15) is 24.3 Å². The average Bonchev–Trinajstić information content (AvgIpc) is 2.70. The number of hydrogen-bond acceptors (Lipinski definition) is 7. The summed E-state index contributed by atoms with van der Waals surface area (Å²) in [6.45, 7) is 3.22. The fraction of sp³-hybridized carbons (Fsp3) is 0.500. The van der Waals surface area contributed by atoms with Crippen LogP contribution >= 0.6 is 12.6 Å². The molecule has 31 heavy (non-hydrogen) atoms. The molecule has 0 saturated heterocycles. The number of carboxylic acids is 1. The van der Waals surface area contributed by atoms with Gasteiger partial charge in [0.2, 0.25) is 17.7 Å². The Kier molecular flexibility index (Phi) is 10.8. The lowest BCUT2D eigenvalue weighted by Gasteiger charge is -2.20. The summed E-state index contributed by atoms with van der Waals surface area (Å²) < 4.78 is 0. The number of nitrogens with two attached hydrogens (primary N) is 1. The average molecular weight is 455 g/mol. The van der Waals surface area contributed by atoms with Gasteiger partial charge in [0.1, 0.15) is 17.8 Å². The van der Waals surface area contributed by atoms with Crippen LogP contribution in [-0.4, -0.2) is 64.3 Å². The largest absolute Gasteiger partial charge is 0.508 e. The highest BCUT2D eigenvalue weighted by Crippen LogP contribution is 2.11. The van der Waals surface area contributed by atoms with Crippen LogP contribution in [-0.2, 0) is 25.6 Å². The zero-order valence-corrected chi connectivity index (χ0v) is 18.4. The molecule has 0 fully saturated rings. The molecular formula is C20H30N4O6S. The lowest BCUT2D eigenvalue weighted by molar-refractivity contribution is -0.142. The first-order valence-corrected chi connectivity index (χ1v) is 10.4. The number of phenolic OH excluding ortho intramolecular Hbond substituents is 1.